The Labute approximate surface area is 170 Å². The Kier molecular flexibility index (Phi) is 6.53. The van der Waals surface area contributed by atoms with Gasteiger partial charge in [-0.15, -0.1) is 0 Å². The van der Waals surface area contributed by atoms with Crippen molar-refractivity contribution < 1.29 is 13.9 Å². The number of aryl methyl sites for hydroxylation is 1. The number of halogens is 2. The summed E-state index contributed by atoms with van der Waals surface area (Å²) in [5, 5.41) is 3.56. The molecule has 1 aromatic heterocycles. The van der Waals surface area contributed by atoms with Gasteiger partial charge in [0, 0.05) is 40.0 Å². The Hall–Kier alpha value is -2.31. The molecule has 27 heavy (non-hydrogen) atoms. The molecule has 2 aromatic carbocycles. The van der Waals surface area contributed by atoms with Crippen molar-refractivity contribution in [1.29, 1.82) is 0 Å². The average Bonchev–Trinajstić information content (AvgIpc) is 3.14. The molecule has 0 aliphatic heterocycles. The molecule has 1 N–H and O–H groups in total. The number of amides is 1. The predicted molar refractivity (Wildman–Crippen MR) is 108 cm³/mol. The number of methoxy groups -OCH3 is 1. The van der Waals surface area contributed by atoms with E-state index in [9.17, 15) is 4.79 Å². The van der Waals surface area contributed by atoms with Gasteiger partial charge >= 0.3 is 0 Å². The third-order valence-corrected chi connectivity index (χ3v) is 4.71. The van der Waals surface area contributed by atoms with Gasteiger partial charge in [-0.25, -0.2) is 4.98 Å². The highest BCUT2D eigenvalue weighted by molar-refractivity contribution is 9.10. The van der Waals surface area contributed by atoms with E-state index in [2.05, 4.69) is 26.2 Å². The molecule has 140 valence electrons. The van der Waals surface area contributed by atoms with E-state index in [0.717, 1.165) is 21.3 Å². The third-order valence-electron chi connectivity index (χ3n) is 3.97. The lowest BCUT2D eigenvalue weighted by molar-refractivity contribution is -0.121. The number of nitrogens with one attached hydrogen (secondary N) is 1. The van der Waals surface area contributed by atoms with Crippen LogP contribution in [0.4, 0.5) is 0 Å². The number of oxazole rings is 1. The van der Waals surface area contributed by atoms with Crippen LogP contribution in [-0.2, 0) is 17.8 Å². The Morgan fingerprint density at radius 3 is 2.78 bits per heavy atom. The van der Waals surface area contributed by atoms with Crippen LogP contribution in [0.2, 0.25) is 5.02 Å². The van der Waals surface area contributed by atoms with Crippen molar-refractivity contribution in [2.24, 2.45) is 0 Å². The van der Waals surface area contributed by atoms with E-state index in [-0.39, 0.29) is 12.3 Å². The van der Waals surface area contributed by atoms with Crippen LogP contribution < -0.4 is 10.1 Å². The molecule has 0 atom stereocenters. The minimum atomic E-state index is -0.0803. The van der Waals surface area contributed by atoms with E-state index < -0.39 is 0 Å². The molecule has 0 saturated heterocycles. The number of benzene rings is 2. The van der Waals surface area contributed by atoms with Gasteiger partial charge in [0.15, 0.2) is 11.7 Å². The van der Waals surface area contributed by atoms with Crippen molar-refractivity contribution in [3.8, 4) is 17.1 Å². The number of rotatable bonds is 7. The van der Waals surface area contributed by atoms with Crippen molar-refractivity contribution in [1.82, 2.24) is 10.3 Å². The van der Waals surface area contributed by atoms with E-state index in [0.29, 0.717) is 29.6 Å². The molecule has 3 rings (SSSR count). The summed E-state index contributed by atoms with van der Waals surface area (Å²) in [6.45, 7) is 0.392. The lowest BCUT2D eigenvalue weighted by Gasteiger charge is -2.10. The maximum Gasteiger partial charge on any atom is 0.220 e. The molecular weight excluding hydrogens is 432 g/mol. The van der Waals surface area contributed by atoms with Crippen LogP contribution in [0.1, 0.15) is 17.9 Å². The fraction of sp³-hybridized carbons (Fsp3) is 0.200. The largest absolute Gasteiger partial charge is 0.496 e. The zero-order chi connectivity index (χ0) is 19.2. The average molecular weight is 450 g/mol. The molecule has 0 spiro atoms. The van der Waals surface area contributed by atoms with Crippen LogP contribution >= 0.6 is 27.5 Å². The topological polar surface area (TPSA) is 64.4 Å². The normalized spacial score (nSPS) is 10.6. The second kappa shape index (κ2) is 9.06. The van der Waals surface area contributed by atoms with Gasteiger partial charge in [0.2, 0.25) is 5.91 Å². The lowest BCUT2D eigenvalue weighted by Crippen LogP contribution is -2.23. The van der Waals surface area contributed by atoms with Gasteiger partial charge in [0.1, 0.15) is 5.75 Å². The zero-order valence-corrected chi connectivity index (χ0v) is 17.0. The number of carbonyl (C=O) groups excluding carboxylic acids is 1. The Morgan fingerprint density at radius 2 is 2.04 bits per heavy atom. The first kappa shape index (κ1) is 19.5. The summed E-state index contributed by atoms with van der Waals surface area (Å²) in [5.41, 5.74) is 1.80. The number of aromatic nitrogens is 1. The molecule has 1 amide bonds. The summed E-state index contributed by atoms with van der Waals surface area (Å²) < 4.78 is 12.0. The van der Waals surface area contributed by atoms with Gasteiger partial charge in [-0.3, -0.25) is 4.79 Å². The van der Waals surface area contributed by atoms with E-state index >= 15 is 0 Å². The minimum absolute atomic E-state index is 0.0803. The molecule has 0 aliphatic carbocycles. The smallest absolute Gasteiger partial charge is 0.220 e. The van der Waals surface area contributed by atoms with Gasteiger partial charge in [-0.1, -0.05) is 27.5 Å². The standard InChI is InChI=1S/C20H18BrClN2O3/c1-26-17-7-4-15(21)10-14(17)11-23-19(25)8-9-20-24-12-18(27-20)13-2-5-16(22)6-3-13/h2-7,10,12H,8-9,11H2,1H3,(H,23,25). The van der Waals surface area contributed by atoms with Crippen molar-refractivity contribution in [3.63, 3.8) is 0 Å². The van der Waals surface area contributed by atoms with E-state index in [1.165, 1.54) is 0 Å². The van der Waals surface area contributed by atoms with E-state index in [1.54, 1.807) is 25.4 Å². The number of hydrogen-bond acceptors (Lipinski definition) is 4. The number of carbonyl (C=O) groups is 1. The van der Waals surface area contributed by atoms with Crippen LogP contribution in [0.15, 0.2) is 57.6 Å². The molecule has 0 saturated carbocycles. The third kappa shape index (κ3) is 5.34. The molecule has 5 nitrogen and oxygen atoms in total. The first-order valence-corrected chi connectivity index (χ1v) is 9.52. The van der Waals surface area contributed by atoms with E-state index in [4.69, 9.17) is 20.8 Å². The molecule has 0 radical (unpaired) electrons. The van der Waals surface area contributed by atoms with Crippen molar-refractivity contribution in [2.75, 3.05) is 7.11 Å². The highest BCUT2D eigenvalue weighted by Gasteiger charge is 2.10. The summed E-state index contributed by atoms with van der Waals surface area (Å²) in [7, 11) is 1.61. The number of nitrogens with zero attached hydrogens (tertiary/aromatic N) is 1. The molecule has 3 aromatic rings. The first-order valence-electron chi connectivity index (χ1n) is 8.35. The molecule has 1 heterocycles. The fourth-order valence-corrected chi connectivity index (χ4v) is 3.10. The van der Waals surface area contributed by atoms with Crippen molar-refractivity contribution >= 4 is 33.4 Å². The van der Waals surface area contributed by atoms with Gasteiger partial charge in [-0.05, 0) is 42.5 Å². The quantitative estimate of drug-likeness (QED) is 0.550. The van der Waals surface area contributed by atoms with Crippen LogP contribution in [0.5, 0.6) is 5.75 Å². The molecule has 0 unspecified atom stereocenters. The molecule has 7 heteroatoms. The summed E-state index contributed by atoms with van der Waals surface area (Å²) >= 11 is 9.31. The minimum Gasteiger partial charge on any atom is -0.496 e. The molecule has 0 aliphatic rings. The van der Waals surface area contributed by atoms with Gasteiger partial charge in [-0.2, -0.15) is 0 Å². The zero-order valence-electron chi connectivity index (χ0n) is 14.7. The Bertz CT molecular complexity index is 925. The molecule has 0 bridgehead atoms. The monoisotopic (exact) mass is 448 g/mol. The first-order chi connectivity index (χ1) is 13.0. The van der Waals surface area contributed by atoms with Gasteiger partial charge in [0.25, 0.3) is 0 Å². The number of hydrogen-bond donors (Lipinski definition) is 1. The Balaban J connectivity index is 1.52. The van der Waals surface area contributed by atoms with Crippen LogP contribution in [0, 0.1) is 0 Å². The second-order valence-corrected chi connectivity index (χ2v) is 7.21. The van der Waals surface area contributed by atoms with Crippen LogP contribution in [0.3, 0.4) is 0 Å². The van der Waals surface area contributed by atoms with Gasteiger partial charge in [0.05, 0.1) is 13.3 Å². The maximum absolute atomic E-state index is 12.1. The van der Waals surface area contributed by atoms with E-state index in [1.807, 2.05) is 30.3 Å². The molecule has 0 fully saturated rings. The lowest BCUT2D eigenvalue weighted by atomic mass is 10.2. The van der Waals surface area contributed by atoms with Crippen LogP contribution in [-0.4, -0.2) is 18.0 Å². The summed E-state index contributed by atoms with van der Waals surface area (Å²) in [5.74, 6) is 1.83. The summed E-state index contributed by atoms with van der Waals surface area (Å²) in [6, 6.07) is 13.0. The molecular formula is C20H18BrClN2O3. The summed E-state index contributed by atoms with van der Waals surface area (Å²) in [4.78, 5) is 16.4. The van der Waals surface area contributed by atoms with Gasteiger partial charge < -0.3 is 14.5 Å². The van der Waals surface area contributed by atoms with Crippen LogP contribution in [0.25, 0.3) is 11.3 Å². The van der Waals surface area contributed by atoms with Crippen molar-refractivity contribution in [3.05, 3.63) is 69.6 Å². The SMILES string of the molecule is COc1ccc(Br)cc1CNC(=O)CCc1ncc(-c2ccc(Cl)cc2)o1. The highest BCUT2D eigenvalue weighted by atomic mass is 79.9. The summed E-state index contributed by atoms with van der Waals surface area (Å²) in [6.07, 6.45) is 2.37. The highest BCUT2D eigenvalue weighted by Crippen LogP contribution is 2.24. The fourth-order valence-electron chi connectivity index (χ4n) is 2.56. The Morgan fingerprint density at radius 1 is 1.26 bits per heavy atom. The number of ether oxygens (including phenoxy) is 1. The second-order valence-electron chi connectivity index (χ2n) is 5.86. The van der Waals surface area contributed by atoms with Crippen molar-refractivity contribution in [2.45, 2.75) is 19.4 Å². The maximum atomic E-state index is 12.1. The predicted octanol–water partition coefficient (Wildman–Crippen LogP) is 5.02.